The molecule has 1 heteroatoms. The van der Waals surface area contributed by atoms with Crippen LogP contribution in [0.5, 0.6) is 0 Å². The molecule has 1 atom stereocenters. The molecule has 0 amide bonds. The van der Waals surface area contributed by atoms with Crippen molar-refractivity contribution in [1.82, 2.24) is 0 Å². The minimum absolute atomic E-state index is 0.182. The van der Waals surface area contributed by atoms with Crippen LogP contribution in [0.1, 0.15) is 29.2 Å². The van der Waals surface area contributed by atoms with Gasteiger partial charge in [-0.2, -0.15) is 0 Å². The Bertz CT molecular complexity index is 584. The van der Waals surface area contributed by atoms with Crippen LogP contribution in [-0.4, -0.2) is 6.61 Å². The van der Waals surface area contributed by atoms with Gasteiger partial charge >= 0.3 is 0 Å². The van der Waals surface area contributed by atoms with Gasteiger partial charge in [0, 0.05) is 6.42 Å². The largest absolute Gasteiger partial charge is 0.369 e. The SMILES string of the molecule is Cc1ccccc1C1CC(c2ccccc2)=CCO1. The second-order valence-corrected chi connectivity index (χ2v) is 4.98. The van der Waals surface area contributed by atoms with Gasteiger partial charge in [0.1, 0.15) is 0 Å². The maximum atomic E-state index is 5.92. The quantitative estimate of drug-likeness (QED) is 0.760. The molecule has 19 heavy (non-hydrogen) atoms. The zero-order chi connectivity index (χ0) is 13.1. The Morgan fingerprint density at radius 1 is 0.947 bits per heavy atom. The van der Waals surface area contributed by atoms with E-state index in [-0.39, 0.29) is 6.10 Å². The fraction of sp³-hybridized carbons (Fsp3) is 0.222. The van der Waals surface area contributed by atoms with Crippen molar-refractivity contribution in [2.45, 2.75) is 19.4 Å². The maximum absolute atomic E-state index is 5.92. The van der Waals surface area contributed by atoms with Crippen LogP contribution in [0.4, 0.5) is 0 Å². The Morgan fingerprint density at radius 3 is 2.47 bits per heavy atom. The van der Waals surface area contributed by atoms with Gasteiger partial charge in [-0.15, -0.1) is 0 Å². The Hall–Kier alpha value is -1.86. The van der Waals surface area contributed by atoms with E-state index in [2.05, 4.69) is 67.6 Å². The van der Waals surface area contributed by atoms with E-state index in [9.17, 15) is 0 Å². The summed E-state index contributed by atoms with van der Waals surface area (Å²) in [7, 11) is 0. The predicted octanol–water partition coefficient (Wildman–Crippen LogP) is 4.54. The highest BCUT2D eigenvalue weighted by atomic mass is 16.5. The number of hydrogen-bond donors (Lipinski definition) is 0. The molecule has 1 aliphatic heterocycles. The van der Waals surface area contributed by atoms with Crippen LogP contribution in [0, 0.1) is 6.92 Å². The summed E-state index contributed by atoms with van der Waals surface area (Å²) in [4.78, 5) is 0. The summed E-state index contributed by atoms with van der Waals surface area (Å²) >= 11 is 0. The van der Waals surface area contributed by atoms with Crippen LogP contribution in [0.25, 0.3) is 5.57 Å². The number of hydrogen-bond acceptors (Lipinski definition) is 1. The van der Waals surface area contributed by atoms with Crippen molar-refractivity contribution in [2.75, 3.05) is 6.61 Å². The molecule has 1 aliphatic rings. The molecule has 0 fully saturated rings. The van der Waals surface area contributed by atoms with Gasteiger partial charge in [0.05, 0.1) is 12.7 Å². The molecule has 2 aromatic rings. The average Bonchev–Trinajstić information content (AvgIpc) is 2.49. The van der Waals surface area contributed by atoms with Crippen LogP contribution in [0.15, 0.2) is 60.7 Å². The molecule has 0 N–H and O–H groups in total. The fourth-order valence-corrected chi connectivity index (χ4v) is 2.64. The van der Waals surface area contributed by atoms with Crippen molar-refractivity contribution >= 4 is 5.57 Å². The second-order valence-electron chi connectivity index (χ2n) is 4.98. The first-order chi connectivity index (χ1) is 9.34. The van der Waals surface area contributed by atoms with Crippen molar-refractivity contribution < 1.29 is 4.74 Å². The molecule has 0 spiro atoms. The molecule has 0 aliphatic carbocycles. The Kier molecular flexibility index (Phi) is 3.47. The van der Waals surface area contributed by atoms with Crippen LogP contribution in [0.3, 0.4) is 0 Å². The second kappa shape index (κ2) is 5.41. The average molecular weight is 250 g/mol. The molecule has 1 unspecified atom stereocenters. The zero-order valence-corrected chi connectivity index (χ0v) is 11.2. The first kappa shape index (κ1) is 12.2. The van der Waals surface area contributed by atoms with E-state index in [1.54, 1.807) is 0 Å². The Balaban J connectivity index is 1.86. The summed E-state index contributed by atoms with van der Waals surface area (Å²) in [5.74, 6) is 0. The van der Waals surface area contributed by atoms with Gasteiger partial charge in [0.15, 0.2) is 0 Å². The topological polar surface area (TPSA) is 9.23 Å². The van der Waals surface area contributed by atoms with E-state index >= 15 is 0 Å². The third kappa shape index (κ3) is 2.61. The first-order valence-electron chi connectivity index (χ1n) is 6.76. The van der Waals surface area contributed by atoms with E-state index in [1.807, 2.05) is 0 Å². The van der Waals surface area contributed by atoms with Gasteiger partial charge in [-0.1, -0.05) is 60.7 Å². The fourth-order valence-electron chi connectivity index (χ4n) is 2.64. The highest BCUT2D eigenvalue weighted by Crippen LogP contribution is 2.34. The molecule has 0 aromatic heterocycles. The minimum atomic E-state index is 0.182. The summed E-state index contributed by atoms with van der Waals surface area (Å²) in [5, 5.41) is 0. The summed E-state index contributed by atoms with van der Waals surface area (Å²) in [6.07, 6.45) is 3.33. The van der Waals surface area contributed by atoms with Crippen LogP contribution in [0.2, 0.25) is 0 Å². The third-order valence-electron chi connectivity index (χ3n) is 3.71. The van der Waals surface area contributed by atoms with Crippen molar-refractivity contribution in [3.63, 3.8) is 0 Å². The number of benzene rings is 2. The molecular formula is C18H18O. The highest BCUT2D eigenvalue weighted by molar-refractivity contribution is 5.66. The van der Waals surface area contributed by atoms with Crippen molar-refractivity contribution in [3.05, 3.63) is 77.4 Å². The minimum Gasteiger partial charge on any atom is -0.369 e. The first-order valence-corrected chi connectivity index (χ1v) is 6.76. The standard InChI is InChI=1S/C18H18O/c1-14-7-5-6-10-17(14)18-13-16(11-12-19-18)15-8-3-2-4-9-15/h2-11,18H,12-13H2,1H3. The zero-order valence-electron chi connectivity index (χ0n) is 11.2. The number of rotatable bonds is 2. The van der Waals surface area contributed by atoms with Crippen molar-refractivity contribution in [3.8, 4) is 0 Å². The monoisotopic (exact) mass is 250 g/mol. The molecule has 2 aromatic carbocycles. The van der Waals surface area contributed by atoms with Gasteiger partial charge in [0.2, 0.25) is 0 Å². The van der Waals surface area contributed by atoms with E-state index in [0.717, 1.165) is 6.42 Å². The van der Waals surface area contributed by atoms with E-state index in [1.165, 1.54) is 22.3 Å². The normalized spacial score (nSPS) is 19.0. The van der Waals surface area contributed by atoms with Crippen LogP contribution >= 0.6 is 0 Å². The summed E-state index contributed by atoms with van der Waals surface area (Å²) in [6, 6.07) is 19.1. The molecule has 3 rings (SSSR count). The molecular weight excluding hydrogens is 232 g/mol. The molecule has 0 saturated heterocycles. The van der Waals surface area contributed by atoms with E-state index in [4.69, 9.17) is 4.74 Å². The van der Waals surface area contributed by atoms with E-state index < -0.39 is 0 Å². The molecule has 0 saturated carbocycles. The van der Waals surface area contributed by atoms with Gasteiger partial charge in [0.25, 0.3) is 0 Å². The maximum Gasteiger partial charge on any atom is 0.0872 e. The van der Waals surface area contributed by atoms with Gasteiger partial charge in [-0.3, -0.25) is 0 Å². The Labute approximate surface area is 114 Å². The predicted molar refractivity (Wildman–Crippen MR) is 78.9 cm³/mol. The van der Waals surface area contributed by atoms with Gasteiger partial charge in [-0.05, 0) is 29.2 Å². The smallest absolute Gasteiger partial charge is 0.0872 e. The molecule has 0 bridgehead atoms. The molecule has 1 nitrogen and oxygen atoms in total. The molecule has 96 valence electrons. The number of aryl methyl sites for hydroxylation is 1. The lowest BCUT2D eigenvalue weighted by molar-refractivity contribution is 0.0704. The summed E-state index contributed by atoms with van der Waals surface area (Å²) in [5.41, 5.74) is 5.32. The van der Waals surface area contributed by atoms with Crippen molar-refractivity contribution in [1.29, 1.82) is 0 Å². The lowest BCUT2D eigenvalue weighted by Crippen LogP contribution is -2.12. The lowest BCUT2D eigenvalue weighted by Gasteiger charge is -2.25. The third-order valence-corrected chi connectivity index (χ3v) is 3.71. The number of ether oxygens (including phenoxy) is 1. The molecule has 1 heterocycles. The van der Waals surface area contributed by atoms with Crippen molar-refractivity contribution in [2.24, 2.45) is 0 Å². The van der Waals surface area contributed by atoms with Crippen LogP contribution in [-0.2, 0) is 4.74 Å². The lowest BCUT2D eigenvalue weighted by atomic mass is 9.92. The summed E-state index contributed by atoms with van der Waals surface area (Å²) in [6.45, 7) is 2.85. The van der Waals surface area contributed by atoms with Crippen LogP contribution < -0.4 is 0 Å². The Morgan fingerprint density at radius 2 is 1.68 bits per heavy atom. The van der Waals surface area contributed by atoms with E-state index in [0.29, 0.717) is 6.61 Å². The van der Waals surface area contributed by atoms with Gasteiger partial charge < -0.3 is 4.74 Å². The summed E-state index contributed by atoms with van der Waals surface area (Å²) < 4.78 is 5.92. The molecule has 0 radical (unpaired) electrons. The highest BCUT2D eigenvalue weighted by Gasteiger charge is 2.19. The van der Waals surface area contributed by atoms with Gasteiger partial charge in [-0.25, -0.2) is 0 Å².